The van der Waals surface area contributed by atoms with Gasteiger partial charge in [0.2, 0.25) is 5.91 Å². The molecule has 0 saturated carbocycles. The quantitative estimate of drug-likeness (QED) is 0.528. The molecule has 2 aromatic rings. The SMILES string of the molecule is CC(C)=CCN1CCC(NC(=O)/C=C/c2ccc(OCc3cccnc3)cc2)CC1. The molecule has 1 amide bonds. The Kier molecular flexibility index (Phi) is 8.21. The number of carbonyl (C=O) groups excluding carboxylic acids is 1. The summed E-state index contributed by atoms with van der Waals surface area (Å²) in [6.07, 6.45) is 11.2. The third-order valence-corrected chi connectivity index (χ3v) is 5.13. The van der Waals surface area contributed by atoms with Crippen LogP contribution < -0.4 is 10.1 Å². The van der Waals surface area contributed by atoms with E-state index in [4.69, 9.17) is 4.74 Å². The van der Waals surface area contributed by atoms with Crippen molar-refractivity contribution in [2.24, 2.45) is 0 Å². The normalized spacial score (nSPS) is 15.1. The van der Waals surface area contributed by atoms with Crippen LogP contribution in [0, 0.1) is 0 Å². The van der Waals surface area contributed by atoms with Crippen molar-refractivity contribution in [2.45, 2.75) is 39.3 Å². The van der Waals surface area contributed by atoms with Crippen molar-refractivity contribution < 1.29 is 9.53 Å². The Morgan fingerprint density at radius 2 is 1.97 bits per heavy atom. The van der Waals surface area contributed by atoms with Crippen LogP contribution in [-0.4, -0.2) is 41.5 Å². The topological polar surface area (TPSA) is 54.5 Å². The highest BCUT2D eigenvalue weighted by atomic mass is 16.5. The van der Waals surface area contributed by atoms with Crippen molar-refractivity contribution in [1.29, 1.82) is 0 Å². The number of hydrogen-bond acceptors (Lipinski definition) is 4. The van der Waals surface area contributed by atoms with Gasteiger partial charge in [0.25, 0.3) is 0 Å². The van der Waals surface area contributed by atoms with E-state index in [1.54, 1.807) is 18.5 Å². The third kappa shape index (κ3) is 7.48. The minimum Gasteiger partial charge on any atom is -0.489 e. The lowest BCUT2D eigenvalue weighted by atomic mass is 10.0. The molecule has 30 heavy (non-hydrogen) atoms. The number of nitrogens with zero attached hydrogens (tertiary/aromatic N) is 2. The van der Waals surface area contributed by atoms with Crippen molar-refractivity contribution in [3.63, 3.8) is 0 Å². The molecule has 0 atom stereocenters. The van der Waals surface area contributed by atoms with Crippen LogP contribution in [0.25, 0.3) is 6.08 Å². The van der Waals surface area contributed by atoms with Gasteiger partial charge >= 0.3 is 0 Å². The van der Waals surface area contributed by atoms with Crippen LogP contribution in [0.4, 0.5) is 0 Å². The highest BCUT2D eigenvalue weighted by Gasteiger charge is 2.19. The molecule has 5 heteroatoms. The highest BCUT2D eigenvalue weighted by molar-refractivity contribution is 5.91. The van der Waals surface area contributed by atoms with Gasteiger partial charge in [-0.05, 0) is 56.5 Å². The van der Waals surface area contributed by atoms with Crippen molar-refractivity contribution in [3.8, 4) is 5.75 Å². The van der Waals surface area contributed by atoms with E-state index in [1.807, 2.05) is 42.5 Å². The highest BCUT2D eigenvalue weighted by Crippen LogP contribution is 2.15. The zero-order chi connectivity index (χ0) is 21.2. The summed E-state index contributed by atoms with van der Waals surface area (Å²) >= 11 is 0. The molecule has 0 bridgehead atoms. The summed E-state index contributed by atoms with van der Waals surface area (Å²) in [4.78, 5) is 18.8. The summed E-state index contributed by atoms with van der Waals surface area (Å²) in [6.45, 7) is 7.80. The molecular weight excluding hydrogens is 374 g/mol. The van der Waals surface area contributed by atoms with Gasteiger partial charge in [-0.1, -0.05) is 29.8 Å². The molecule has 1 aromatic carbocycles. The monoisotopic (exact) mass is 405 g/mol. The fourth-order valence-corrected chi connectivity index (χ4v) is 3.32. The molecule has 1 fully saturated rings. The number of allylic oxidation sites excluding steroid dienone is 1. The van der Waals surface area contributed by atoms with Crippen molar-refractivity contribution in [1.82, 2.24) is 15.2 Å². The molecule has 3 rings (SSSR count). The van der Waals surface area contributed by atoms with Crippen LogP contribution in [0.1, 0.15) is 37.8 Å². The summed E-state index contributed by atoms with van der Waals surface area (Å²) in [5, 5.41) is 3.13. The molecule has 0 unspecified atom stereocenters. The number of nitrogens with one attached hydrogen (secondary N) is 1. The average molecular weight is 406 g/mol. The van der Waals surface area contributed by atoms with E-state index >= 15 is 0 Å². The maximum atomic E-state index is 12.3. The Bertz CT molecular complexity index is 848. The largest absolute Gasteiger partial charge is 0.489 e. The predicted octanol–water partition coefficient (Wildman–Crippen LogP) is 4.22. The number of ether oxygens (including phenoxy) is 1. The minimum atomic E-state index is -0.0327. The zero-order valence-electron chi connectivity index (χ0n) is 17.9. The fraction of sp³-hybridized carbons (Fsp3) is 0.360. The van der Waals surface area contributed by atoms with E-state index in [-0.39, 0.29) is 11.9 Å². The van der Waals surface area contributed by atoms with E-state index in [0.717, 1.165) is 49.4 Å². The van der Waals surface area contributed by atoms with Crippen LogP contribution in [0.15, 0.2) is 66.5 Å². The van der Waals surface area contributed by atoms with Crippen LogP contribution >= 0.6 is 0 Å². The number of rotatable bonds is 8. The number of carbonyl (C=O) groups is 1. The number of hydrogen-bond donors (Lipinski definition) is 1. The van der Waals surface area contributed by atoms with Gasteiger partial charge < -0.3 is 10.1 Å². The van der Waals surface area contributed by atoms with Gasteiger partial charge in [0.15, 0.2) is 0 Å². The van der Waals surface area contributed by atoms with Crippen LogP contribution in [-0.2, 0) is 11.4 Å². The Morgan fingerprint density at radius 1 is 1.20 bits per heavy atom. The second kappa shape index (κ2) is 11.3. The number of amides is 1. The Hall–Kier alpha value is -2.92. The van der Waals surface area contributed by atoms with Gasteiger partial charge in [-0.2, -0.15) is 0 Å². The molecule has 1 N–H and O–H groups in total. The van der Waals surface area contributed by atoms with Crippen LogP contribution in [0.3, 0.4) is 0 Å². The predicted molar refractivity (Wildman–Crippen MR) is 121 cm³/mol. The summed E-state index contributed by atoms with van der Waals surface area (Å²) in [7, 11) is 0. The molecule has 2 heterocycles. The minimum absolute atomic E-state index is 0.0327. The van der Waals surface area contributed by atoms with E-state index < -0.39 is 0 Å². The molecule has 5 nitrogen and oxygen atoms in total. The van der Waals surface area contributed by atoms with Gasteiger partial charge in [0.05, 0.1) is 0 Å². The number of likely N-dealkylation sites (tertiary alicyclic amines) is 1. The van der Waals surface area contributed by atoms with Gasteiger partial charge in [-0.15, -0.1) is 0 Å². The summed E-state index contributed by atoms with van der Waals surface area (Å²) in [5.41, 5.74) is 3.35. The molecule has 1 aliphatic heterocycles. The summed E-state index contributed by atoms with van der Waals surface area (Å²) < 4.78 is 5.76. The zero-order valence-corrected chi connectivity index (χ0v) is 17.9. The lowest BCUT2D eigenvalue weighted by Gasteiger charge is -2.31. The van der Waals surface area contributed by atoms with E-state index in [0.29, 0.717) is 6.61 Å². The van der Waals surface area contributed by atoms with E-state index in [1.165, 1.54) is 5.57 Å². The Labute approximate surface area is 179 Å². The smallest absolute Gasteiger partial charge is 0.244 e. The first-order valence-electron chi connectivity index (χ1n) is 10.5. The van der Waals surface area contributed by atoms with Gasteiger partial charge in [-0.25, -0.2) is 0 Å². The second-order valence-corrected chi connectivity index (χ2v) is 7.92. The maximum absolute atomic E-state index is 12.3. The summed E-state index contributed by atoms with van der Waals surface area (Å²) in [6, 6.07) is 11.9. The number of aromatic nitrogens is 1. The first kappa shape index (κ1) is 21.8. The molecule has 0 aliphatic carbocycles. The lowest BCUT2D eigenvalue weighted by molar-refractivity contribution is -0.117. The molecule has 1 aromatic heterocycles. The fourth-order valence-electron chi connectivity index (χ4n) is 3.32. The number of benzene rings is 1. The number of piperidine rings is 1. The first-order chi connectivity index (χ1) is 14.6. The van der Waals surface area contributed by atoms with Gasteiger partial charge in [0.1, 0.15) is 12.4 Å². The van der Waals surface area contributed by atoms with Gasteiger partial charge in [-0.3, -0.25) is 14.7 Å². The first-order valence-corrected chi connectivity index (χ1v) is 10.5. The van der Waals surface area contributed by atoms with E-state index in [9.17, 15) is 4.79 Å². The molecule has 158 valence electrons. The summed E-state index contributed by atoms with van der Waals surface area (Å²) in [5.74, 6) is 0.759. The molecular formula is C25H31N3O2. The standard InChI is InChI=1S/C25H31N3O2/c1-20(2)11-15-28-16-12-23(13-17-28)27-25(29)10-7-21-5-8-24(9-6-21)30-19-22-4-3-14-26-18-22/h3-11,14,18,23H,12-13,15-17,19H2,1-2H3,(H,27,29)/b10-7+. The van der Waals surface area contributed by atoms with E-state index in [2.05, 4.69) is 35.1 Å². The molecule has 0 spiro atoms. The maximum Gasteiger partial charge on any atom is 0.244 e. The number of pyridine rings is 1. The van der Waals surface area contributed by atoms with Crippen molar-refractivity contribution in [2.75, 3.05) is 19.6 Å². The lowest BCUT2D eigenvalue weighted by Crippen LogP contribution is -2.44. The molecule has 1 saturated heterocycles. The third-order valence-electron chi connectivity index (χ3n) is 5.13. The van der Waals surface area contributed by atoms with Crippen molar-refractivity contribution >= 4 is 12.0 Å². The molecule has 0 radical (unpaired) electrons. The van der Waals surface area contributed by atoms with Crippen LogP contribution in [0.2, 0.25) is 0 Å². The Balaban J connectivity index is 1.40. The average Bonchev–Trinajstić information content (AvgIpc) is 2.77. The molecule has 1 aliphatic rings. The van der Waals surface area contributed by atoms with Crippen molar-refractivity contribution in [3.05, 3.63) is 77.6 Å². The second-order valence-electron chi connectivity index (χ2n) is 7.92. The Morgan fingerprint density at radius 3 is 2.63 bits per heavy atom. The van der Waals surface area contributed by atoms with Gasteiger partial charge in [0, 0.05) is 49.7 Å². The van der Waals surface area contributed by atoms with Crippen LogP contribution in [0.5, 0.6) is 5.75 Å².